The zero-order chi connectivity index (χ0) is 20.0. The van der Waals surface area contributed by atoms with E-state index in [1.807, 2.05) is 0 Å². The lowest BCUT2D eigenvalue weighted by atomic mass is 10.1. The van der Waals surface area contributed by atoms with Gasteiger partial charge in [-0.25, -0.2) is 0 Å². The van der Waals surface area contributed by atoms with Gasteiger partial charge in [-0.2, -0.15) is 5.26 Å². The van der Waals surface area contributed by atoms with Gasteiger partial charge >= 0.3 is 0 Å². The van der Waals surface area contributed by atoms with E-state index in [1.165, 1.54) is 21.1 Å². The fraction of sp³-hybridized carbons (Fsp3) is 0.167. The van der Waals surface area contributed by atoms with E-state index in [-0.39, 0.29) is 11.0 Å². The molecule has 2 aromatic rings. The molecular weight excluding hydrogens is 388 g/mol. The molecule has 0 saturated carbocycles. The van der Waals surface area contributed by atoms with Crippen LogP contribution in [0, 0.1) is 11.3 Å². The average molecular weight is 405 g/mol. The molecule has 0 bridgehead atoms. The van der Waals surface area contributed by atoms with E-state index < -0.39 is 0 Å². The molecule has 0 fully saturated rings. The van der Waals surface area contributed by atoms with Crippen molar-refractivity contribution < 1.29 is 14.3 Å². The largest absolute Gasteiger partial charge is 0.495 e. The number of carbonyl (C=O) groups excluding carboxylic acids is 1. The maximum Gasteiger partial charge on any atom is 0.221 e. The third-order valence-corrected chi connectivity index (χ3v) is 3.93. The molecule has 0 unspecified atom stereocenters. The zero-order valence-electron chi connectivity index (χ0n) is 14.8. The lowest BCUT2D eigenvalue weighted by molar-refractivity contribution is -0.114. The quantitative estimate of drug-likeness (QED) is 0.648. The first kappa shape index (κ1) is 20.3. The number of hydrogen-bond donors (Lipinski definition) is 3. The number of thiocarbonyl (C=S) groups is 1. The van der Waals surface area contributed by atoms with Gasteiger partial charge in [0.05, 0.1) is 36.2 Å². The normalized spacial score (nSPS) is 9.74. The van der Waals surface area contributed by atoms with Gasteiger partial charge in [-0.15, -0.1) is 0 Å². The predicted molar refractivity (Wildman–Crippen MR) is 110 cm³/mol. The second kappa shape index (κ2) is 9.07. The molecule has 9 heteroatoms. The molecule has 0 saturated heterocycles. The fourth-order valence-electron chi connectivity index (χ4n) is 2.26. The van der Waals surface area contributed by atoms with Crippen LogP contribution in [0.2, 0.25) is 5.02 Å². The second-order valence-electron chi connectivity index (χ2n) is 5.32. The molecule has 2 rings (SSSR count). The van der Waals surface area contributed by atoms with Gasteiger partial charge in [0.25, 0.3) is 0 Å². The zero-order valence-corrected chi connectivity index (χ0v) is 16.4. The number of benzene rings is 2. The van der Waals surface area contributed by atoms with E-state index in [2.05, 4.69) is 22.0 Å². The lowest BCUT2D eigenvalue weighted by Gasteiger charge is -2.16. The maximum atomic E-state index is 11.1. The highest BCUT2D eigenvalue weighted by Gasteiger charge is 2.12. The highest BCUT2D eigenvalue weighted by Crippen LogP contribution is 2.36. The number of anilines is 3. The summed E-state index contributed by atoms with van der Waals surface area (Å²) in [4.78, 5) is 11.1. The molecule has 3 N–H and O–H groups in total. The van der Waals surface area contributed by atoms with Gasteiger partial charge in [0.2, 0.25) is 5.91 Å². The van der Waals surface area contributed by atoms with Crippen molar-refractivity contribution in [2.45, 2.75) is 6.92 Å². The van der Waals surface area contributed by atoms with E-state index in [9.17, 15) is 10.1 Å². The van der Waals surface area contributed by atoms with Crippen molar-refractivity contribution in [3.05, 3.63) is 40.9 Å². The molecule has 2 aromatic carbocycles. The van der Waals surface area contributed by atoms with Crippen LogP contribution in [-0.4, -0.2) is 25.2 Å². The summed E-state index contributed by atoms with van der Waals surface area (Å²) in [6.45, 7) is 1.39. The van der Waals surface area contributed by atoms with Crippen LogP contribution in [0.1, 0.15) is 12.5 Å². The Labute approximate surface area is 167 Å². The number of nitriles is 1. The van der Waals surface area contributed by atoms with Crippen LogP contribution < -0.4 is 25.4 Å². The van der Waals surface area contributed by atoms with Crippen molar-refractivity contribution in [3.8, 4) is 17.6 Å². The Balaban J connectivity index is 2.20. The van der Waals surface area contributed by atoms with Crippen molar-refractivity contribution in [1.82, 2.24) is 0 Å². The van der Waals surface area contributed by atoms with Gasteiger partial charge in [0.1, 0.15) is 17.6 Å². The molecule has 0 spiro atoms. The maximum absolute atomic E-state index is 11.1. The van der Waals surface area contributed by atoms with Gasteiger partial charge < -0.3 is 25.4 Å². The van der Waals surface area contributed by atoms with E-state index in [0.29, 0.717) is 39.1 Å². The summed E-state index contributed by atoms with van der Waals surface area (Å²) in [5.41, 5.74) is 1.87. The fourth-order valence-corrected chi connectivity index (χ4v) is 2.72. The van der Waals surface area contributed by atoms with E-state index in [1.54, 1.807) is 30.3 Å². The molecular formula is C18H17ClN4O3S. The van der Waals surface area contributed by atoms with Crippen molar-refractivity contribution in [2.75, 3.05) is 30.2 Å². The van der Waals surface area contributed by atoms with Gasteiger partial charge in [-0.3, -0.25) is 4.79 Å². The van der Waals surface area contributed by atoms with E-state index >= 15 is 0 Å². The highest BCUT2D eigenvalue weighted by atomic mass is 35.5. The van der Waals surface area contributed by atoms with Crippen LogP contribution in [0.25, 0.3) is 0 Å². The van der Waals surface area contributed by atoms with Crippen molar-refractivity contribution in [3.63, 3.8) is 0 Å². The minimum absolute atomic E-state index is 0.222. The molecule has 0 heterocycles. The summed E-state index contributed by atoms with van der Waals surface area (Å²) >= 11 is 11.5. The summed E-state index contributed by atoms with van der Waals surface area (Å²) in [5, 5.41) is 18.5. The van der Waals surface area contributed by atoms with Crippen LogP contribution >= 0.6 is 23.8 Å². The number of nitrogens with one attached hydrogen (secondary N) is 3. The van der Waals surface area contributed by atoms with Crippen LogP contribution in [0.4, 0.5) is 17.1 Å². The Kier molecular flexibility index (Phi) is 6.82. The Hall–Kier alpha value is -3.02. The molecule has 0 radical (unpaired) electrons. The number of carbonyl (C=O) groups is 1. The number of ether oxygens (including phenoxy) is 2. The van der Waals surface area contributed by atoms with Crippen LogP contribution in [0.5, 0.6) is 11.5 Å². The molecule has 7 nitrogen and oxygen atoms in total. The SMILES string of the molecule is COc1cc(OC)c(NC(=S)Nc2ccc(NC(C)=O)cc2C#N)cc1Cl. The van der Waals surface area contributed by atoms with Gasteiger partial charge in [0.15, 0.2) is 5.11 Å². The molecule has 0 atom stereocenters. The monoisotopic (exact) mass is 404 g/mol. The molecule has 27 heavy (non-hydrogen) atoms. The number of hydrogen-bond acceptors (Lipinski definition) is 5. The van der Waals surface area contributed by atoms with Crippen LogP contribution in [-0.2, 0) is 4.79 Å². The summed E-state index contributed by atoms with van der Waals surface area (Å²) < 4.78 is 10.5. The average Bonchev–Trinajstić information content (AvgIpc) is 2.62. The Bertz CT molecular complexity index is 928. The molecule has 0 aliphatic carbocycles. The molecule has 0 aliphatic heterocycles. The number of rotatable bonds is 5. The van der Waals surface area contributed by atoms with Gasteiger partial charge in [0, 0.05) is 18.7 Å². The molecule has 1 amide bonds. The summed E-state index contributed by atoms with van der Waals surface area (Å²) in [5.74, 6) is 0.737. The first-order chi connectivity index (χ1) is 12.9. The van der Waals surface area contributed by atoms with Gasteiger partial charge in [-0.1, -0.05) is 11.6 Å². The second-order valence-corrected chi connectivity index (χ2v) is 6.13. The number of amides is 1. The number of methoxy groups -OCH3 is 2. The van der Waals surface area contributed by atoms with Crippen molar-refractivity contribution >= 4 is 51.9 Å². The predicted octanol–water partition coefficient (Wildman–Crippen LogP) is 4.00. The Morgan fingerprint density at radius 2 is 1.74 bits per heavy atom. The topological polar surface area (TPSA) is 95.4 Å². The third-order valence-electron chi connectivity index (χ3n) is 3.43. The minimum atomic E-state index is -0.222. The lowest BCUT2D eigenvalue weighted by Crippen LogP contribution is -2.20. The van der Waals surface area contributed by atoms with E-state index in [4.69, 9.17) is 33.3 Å². The smallest absolute Gasteiger partial charge is 0.221 e. The summed E-state index contributed by atoms with van der Waals surface area (Å²) in [6.07, 6.45) is 0. The summed E-state index contributed by atoms with van der Waals surface area (Å²) in [7, 11) is 3.02. The third kappa shape index (κ3) is 5.23. The van der Waals surface area contributed by atoms with E-state index in [0.717, 1.165) is 0 Å². The van der Waals surface area contributed by atoms with Crippen molar-refractivity contribution in [1.29, 1.82) is 5.26 Å². The standard InChI is InChI=1S/C18H17ClN4O3S/c1-10(24)21-12-4-5-14(11(6-12)9-20)22-18(27)23-15-7-13(19)16(25-2)8-17(15)26-3/h4-8H,1-3H3,(H,21,24)(H2,22,23,27). The highest BCUT2D eigenvalue weighted by molar-refractivity contribution is 7.80. The number of halogens is 1. The number of nitrogens with zero attached hydrogens (tertiary/aromatic N) is 1. The summed E-state index contributed by atoms with van der Waals surface area (Å²) in [6, 6.07) is 10.2. The van der Waals surface area contributed by atoms with Gasteiger partial charge in [-0.05, 0) is 36.5 Å². The first-order valence-electron chi connectivity index (χ1n) is 7.69. The van der Waals surface area contributed by atoms with Crippen LogP contribution in [0.3, 0.4) is 0 Å². The Morgan fingerprint density at radius 1 is 1.07 bits per heavy atom. The molecule has 140 valence electrons. The Morgan fingerprint density at radius 3 is 2.33 bits per heavy atom. The molecule has 0 aliphatic rings. The van der Waals surface area contributed by atoms with Crippen molar-refractivity contribution in [2.24, 2.45) is 0 Å². The first-order valence-corrected chi connectivity index (χ1v) is 8.47. The molecule has 0 aromatic heterocycles. The minimum Gasteiger partial charge on any atom is -0.495 e. The van der Waals surface area contributed by atoms with Crippen LogP contribution in [0.15, 0.2) is 30.3 Å².